The highest BCUT2D eigenvalue weighted by molar-refractivity contribution is 5.52. The lowest BCUT2D eigenvalue weighted by Crippen LogP contribution is -2.47. The molecule has 0 fully saturated rings. The molecule has 2 heterocycles. The first-order valence-electron chi connectivity index (χ1n) is 6.97. The fourth-order valence-corrected chi connectivity index (χ4v) is 2.82. The van der Waals surface area contributed by atoms with Crippen molar-refractivity contribution in [3.05, 3.63) is 40.1 Å². The van der Waals surface area contributed by atoms with Gasteiger partial charge in [0.05, 0.1) is 18.9 Å². The topological polar surface area (TPSA) is 67.5 Å². The highest BCUT2D eigenvalue weighted by Gasteiger charge is 2.45. The van der Waals surface area contributed by atoms with E-state index in [0.717, 1.165) is 5.56 Å². The molecule has 1 aromatic carbocycles. The minimum Gasteiger partial charge on any atom is -0.472 e. The molecule has 7 nitrogen and oxygen atoms in total. The summed E-state index contributed by atoms with van der Waals surface area (Å²) in [6.45, 7) is 2.42. The minimum absolute atomic E-state index is 0.221. The number of aromatic nitrogens is 3. The molecule has 0 bridgehead atoms. The zero-order valence-electron chi connectivity index (χ0n) is 13.1. The van der Waals surface area contributed by atoms with Crippen molar-refractivity contribution >= 4 is 0 Å². The molecule has 1 aliphatic rings. The monoisotopic (exact) mass is 305 g/mol. The first-order valence-corrected chi connectivity index (χ1v) is 6.97. The SMILES string of the molecule is COCC1(COC)Oc2ccc(C)cc2-n2c1nn(C)c2=O. The molecule has 1 aliphatic heterocycles. The zero-order chi connectivity index (χ0) is 15.9. The first-order chi connectivity index (χ1) is 10.5. The smallest absolute Gasteiger partial charge is 0.350 e. The summed E-state index contributed by atoms with van der Waals surface area (Å²) in [5.41, 5.74) is 0.555. The molecule has 0 saturated carbocycles. The summed E-state index contributed by atoms with van der Waals surface area (Å²) >= 11 is 0. The molecule has 3 rings (SSSR count). The van der Waals surface area contributed by atoms with E-state index in [2.05, 4.69) is 5.10 Å². The number of rotatable bonds is 4. The summed E-state index contributed by atoms with van der Waals surface area (Å²) in [6.07, 6.45) is 0. The molecule has 0 radical (unpaired) electrons. The van der Waals surface area contributed by atoms with Crippen LogP contribution < -0.4 is 10.4 Å². The first kappa shape index (κ1) is 14.8. The van der Waals surface area contributed by atoms with E-state index in [-0.39, 0.29) is 18.9 Å². The van der Waals surface area contributed by atoms with Crippen LogP contribution in [0.4, 0.5) is 0 Å². The number of ether oxygens (including phenoxy) is 3. The molecule has 0 aliphatic carbocycles. The van der Waals surface area contributed by atoms with Gasteiger partial charge >= 0.3 is 5.69 Å². The fraction of sp³-hybridized carbons (Fsp3) is 0.467. The van der Waals surface area contributed by atoms with Crippen LogP contribution in [0, 0.1) is 6.92 Å². The molecule has 22 heavy (non-hydrogen) atoms. The van der Waals surface area contributed by atoms with Crippen LogP contribution in [0.3, 0.4) is 0 Å². The van der Waals surface area contributed by atoms with E-state index in [1.807, 2.05) is 25.1 Å². The predicted octanol–water partition coefficient (Wildman–Crippen LogP) is 0.760. The van der Waals surface area contributed by atoms with E-state index in [1.165, 1.54) is 4.68 Å². The Hall–Kier alpha value is -2.12. The van der Waals surface area contributed by atoms with Crippen molar-refractivity contribution in [1.29, 1.82) is 0 Å². The number of fused-ring (bicyclic) bond motifs is 3. The average Bonchev–Trinajstić information content (AvgIpc) is 2.78. The van der Waals surface area contributed by atoms with Gasteiger partial charge in [0.2, 0.25) is 5.60 Å². The van der Waals surface area contributed by atoms with Crippen molar-refractivity contribution in [2.24, 2.45) is 7.05 Å². The van der Waals surface area contributed by atoms with E-state index in [4.69, 9.17) is 14.2 Å². The maximum absolute atomic E-state index is 12.5. The largest absolute Gasteiger partial charge is 0.472 e. The van der Waals surface area contributed by atoms with E-state index < -0.39 is 5.60 Å². The molecule has 1 aromatic heterocycles. The van der Waals surface area contributed by atoms with Crippen molar-refractivity contribution < 1.29 is 14.2 Å². The summed E-state index contributed by atoms with van der Waals surface area (Å²) in [7, 11) is 4.78. The highest BCUT2D eigenvalue weighted by Crippen LogP contribution is 2.38. The lowest BCUT2D eigenvalue weighted by molar-refractivity contribution is -0.0745. The molecule has 0 unspecified atom stereocenters. The molecule has 0 spiro atoms. The Kier molecular flexibility index (Phi) is 3.54. The van der Waals surface area contributed by atoms with Crippen molar-refractivity contribution in [2.75, 3.05) is 27.4 Å². The Bertz CT molecular complexity index is 757. The third-order valence-corrected chi connectivity index (χ3v) is 3.75. The van der Waals surface area contributed by atoms with Crippen LogP contribution in [0.5, 0.6) is 5.75 Å². The molecule has 0 amide bonds. The van der Waals surface area contributed by atoms with E-state index in [1.54, 1.807) is 25.8 Å². The number of nitrogens with zero attached hydrogens (tertiary/aromatic N) is 3. The molecule has 0 saturated heterocycles. The van der Waals surface area contributed by atoms with Gasteiger partial charge in [-0.05, 0) is 24.6 Å². The van der Waals surface area contributed by atoms with E-state index in [0.29, 0.717) is 17.3 Å². The fourth-order valence-electron chi connectivity index (χ4n) is 2.82. The molecule has 7 heteroatoms. The molecule has 2 aromatic rings. The third kappa shape index (κ3) is 2.05. The molecule has 0 atom stereocenters. The molecule has 118 valence electrons. The summed E-state index contributed by atoms with van der Waals surface area (Å²) in [5.74, 6) is 1.10. The summed E-state index contributed by atoms with van der Waals surface area (Å²) in [4.78, 5) is 12.5. The van der Waals surface area contributed by atoms with Crippen molar-refractivity contribution in [1.82, 2.24) is 14.3 Å². The van der Waals surface area contributed by atoms with Crippen LogP contribution >= 0.6 is 0 Å². The van der Waals surface area contributed by atoms with Gasteiger partial charge in [0.1, 0.15) is 5.75 Å². The Balaban J connectivity index is 2.30. The van der Waals surface area contributed by atoms with Gasteiger partial charge in [0.25, 0.3) is 0 Å². The van der Waals surface area contributed by atoms with Crippen LogP contribution in [-0.4, -0.2) is 41.8 Å². The van der Waals surface area contributed by atoms with Crippen molar-refractivity contribution in [3.8, 4) is 11.4 Å². The Morgan fingerprint density at radius 2 is 1.95 bits per heavy atom. The number of hydrogen-bond donors (Lipinski definition) is 0. The van der Waals surface area contributed by atoms with Gasteiger partial charge in [0, 0.05) is 21.3 Å². The van der Waals surface area contributed by atoms with E-state index in [9.17, 15) is 4.79 Å². The average molecular weight is 305 g/mol. The maximum Gasteiger partial charge on any atom is 0.350 e. The minimum atomic E-state index is -0.952. The zero-order valence-corrected chi connectivity index (χ0v) is 13.1. The third-order valence-electron chi connectivity index (χ3n) is 3.75. The van der Waals surface area contributed by atoms with Gasteiger partial charge in [-0.3, -0.25) is 0 Å². The summed E-state index contributed by atoms with van der Waals surface area (Å²) in [5, 5.41) is 4.35. The lowest BCUT2D eigenvalue weighted by Gasteiger charge is -2.36. The van der Waals surface area contributed by atoms with Gasteiger partial charge in [0.15, 0.2) is 5.82 Å². The highest BCUT2D eigenvalue weighted by atomic mass is 16.6. The Labute approximate surface area is 128 Å². The normalized spacial score (nSPS) is 15.1. The van der Waals surface area contributed by atoms with Gasteiger partial charge in [-0.1, -0.05) is 6.07 Å². The second kappa shape index (κ2) is 5.26. The van der Waals surface area contributed by atoms with Crippen molar-refractivity contribution in [2.45, 2.75) is 12.5 Å². The Morgan fingerprint density at radius 3 is 2.59 bits per heavy atom. The number of aryl methyl sites for hydroxylation is 2. The number of methoxy groups -OCH3 is 2. The second-order valence-corrected chi connectivity index (χ2v) is 5.50. The number of benzene rings is 1. The number of hydrogen-bond acceptors (Lipinski definition) is 5. The van der Waals surface area contributed by atoms with Gasteiger partial charge < -0.3 is 14.2 Å². The Morgan fingerprint density at radius 1 is 1.27 bits per heavy atom. The van der Waals surface area contributed by atoms with Crippen LogP contribution in [0.1, 0.15) is 11.4 Å². The van der Waals surface area contributed by atoms with Crippen LogP contribution in [-0.2, 0) is 22.1 Å². The standard InChI is InChI=1S/C15H19N3O4/c1-10-5-6-12-11(7-10)18-13(16-17(2)14(18)19)15(22-12,8-20-3)9-21-4/h5-7H,8-9H2,1-4H3. The van der Waals surface area contributed by atoms with E-state index >= 15 is 0 Å². The lowest BCUT2D eigenvalue weighted by atomic mass is 10.0. The maximum atomic E-state index is 12.5. The quantitative estimate of drug-likeness (QED) is 0.834. The molecular formula is C15H19N3O4. The van der Waals surface area contributed by atoms with Crippen LogP contribution in [0.15, 0.2) is 23.0 Å². The second-order valence-electron chi connectivity index (χ2n) is 5.50. The van der Waals surface area contributed by atoms with Crippen molar-refractivity contribution in [3.63, 3.8) is 0 Å². The molecular weight excluding hydrogens is 286 g/mol. The predicted molar refractivity (Wildman–Crippen MR) is 79.6 cm³/mol. The van der Waals surface area contributed by atoms with Gasteiger partial charge in [-0.15, -0.1) is 0 Å². The van der Waals surface area contributed by atoms with Gasteiger partial charge in [-0.2, -0.15) is 5.10 Å². The molecule has 0 N–H and O–H groups in total. The summed E-state index contributed by atoms with van der Waals surface area (Å²) in [6, 6.07) is 5.70. The summed E-state index contributed by atoms with van der Waals surface area (Å²) < 4.78 is 19.7. The van der Waals surface area contributed by atoms with Crippen LogP contribution in [0.25, 0.3) is 5.69 Å². The van der Waals surface area contributed by atoms with Gasteiger partial charge in [-0.25, -0.2) is 14.0 Å². The van der Waals surface area contributed by atoms with Crippen LogP contribution in [0.2, 0.25) is 0 Å².